The van der Waals surface area contributed by atoms with Crippen LogP contribution in [0.15, 0.2) is 46.9 Å². The molecule has 0 aliphatic carbocycles. The molecule has 0 fully saturated rings. The average Bonchev–Trinajstić information content (AvgIpc) is 2.72. The first-order valence-electron chi connectivity index (χ1n) is 10.4. The monoisotopic (exact) mass is 534 g/mol. The van der Waals surface area contributed by atoms with Crippen LogP contribution in [0.25, 0.3) is 10.8 Å². The van der Waals surface area contributed by atoms with Crippen molar-refractivity contribution in [2.24, 2.45) is 0 Å². The van der Waals surface area contributed by atoms with Gasteiger partial charge in [-0.25, -0.2) is 4.79 Å². The van der Waals surface area contributed by atoms with Crippen molar-refractivity contribution in [3.05, 3.63) is 57.5 Å². The molecule has 6 nitrogen and oxygen atoms in total. The van der Waals surface area contributed by atoms with Crippen molar-refractivity contribution in [2.75, 3.05) is 0 Å². The van der Waals surface area contributed by atoms with E-state index in [0.717, 1.165) is 4.47 Å². The Balaban J connectivity index is 2.34. The fourth-order valence-corrected chi connectivity index (χ4v) is 3.72. The second kappa shape index (κ2) is 10.4. The molecule has 0 radical (unpaired) electrons. The van der Waals surface area contributed by atoms with Crippen LogP contribution in [0.4, 0.5) is 0 Å². The second-order valence-corrected chi connectivity index (χ2v) is 9.19. The van der Waals surface area contributed by atoms with Crippen molar-refractivity contribution in [1.82, 2.24) is 0 Å². The maximum Gasteiger partial charge on any atom is 0.343 e. The average molecular weight is 536 g/mol. The van der Waals surface area contributed by atoms with Crippen LogP contribution in [-0.2, 0) is 4.79 Å². The first kappa shape index (κ1) is 24.9. The number of ether oxygens (including phenoxy) is 4. The van der Waals surface area contributed by atoms with Gasteiger partial charge in [0.2, 0.25) is 11.5 Å². The molecule has 0 atom stereocenters. The van der Waals surface area contributed by atoms with Crippen LogP contribution in [0.2, 0.25) is 5.02 Å². The molecule has 0 N–H and O–H groups in total. The van der Waals surface area contributed by atoms with Crippen molar-refractivity contribution >= 4 is 50.2 Å². The summed E-state index contributed by atoms with van der Waals surface area (Å²) in [5, 5.41) is 1.33. The summed E-state index contributed by atoms with van der Waals surface area (Å²) in [5.74, 6) is -0.525. The molecule has 8 heteroatoms. The van der Waals surface area contributed by atoms with E-state index in [4.69, 9.17) is 30.5 Å². The number of fused-ring (bicyclic) bond motifs is 1. The fourth-order valence-electron chi connectivity index (χ4n) is 3.15. The molecular weight excluding hydrogens is 512 g/mol. The third-order valence-electron chi connectivity index (χ3n) is 4.30. The topological polar surface area (TPSA) is 71.1 Å². The first-order valence-corrected chi connectivity index (χ1v) is 11.5. The number of hydrogen-bond acceptors (Lipinski definition) is 6. The van der Waals surface area contributed by atoms with Crippen molar-refractivity contribution in [2.45, 2.75) is 46.8 Å². The van der Waals surface area contributed by atoms with Gasteiger partial charge in [-0.05, 0) is 64.1 Å². The predicted molar refractivity (Wildman–Crippen MR) is 131 cm³/mol. The van der Waals surface area contributed by atoms with Crippen molar-refractivity contribution in [3.63, 3.8) is 0 Å². The van der Waals surface area contributed by atoms with Crippen LogP contribution in [0.3, 0.4) is 0 Å². The Morgan fingerprint density at radius 3 is 1.97 bits per heavy atom. The Morgan fingerprint density at radius 1 is 0.818 bits per heavy atom. The highest BCUT2D eigenvalue weighted by Gasteiger charge is 2.29. The van der Waals surface area contributed by atoms with E-state index >= 15 is 0 Å². The van der Waals surface area contributed by atoms with Gasteiger partial charge in [0.1, 0.15) is 0 Å². The van der Waals surface area contributed by atoms with Crippen LogP contribution in [-0.4, -0.2) is 24.1 Å². The van der Waals surface area contributed by atoms with E-state index in [2.05, 4.69) is 15.9 Å². The van der Waals surface area contributed by atoms with Gasteiger partial charge in [-0.1, -0.05) is 33.6 Å². The molecule has 0 aliphatic rings. The molecule has 3 rings (SSSR count). The Kier molecular flexibility index (Phi) is 7.87. The van der Waals surface area contributed by atoms with E-state index in [1.807, 2.05) is 33.8 Å². The molecule has 3 aromatic carbocycles. The molecule has 3 aromatic rings. The lowest BCUT2D eigenvalue weighted by molar-refractivity contribution is -0.131. The van der Waals surface area contributed by atoms with E-state index in [9.17, 15) is 9.59 Å². The Morgan fingerprint density at radius 2 is 1.42 bits per heavy atom. The second-order valence-electron chi connectivity index (χ2n) is 7.83. The molecule has 0 spiro atoms. The smallest absolute Gasteiger partial charge is 0.343 e. The van der Waals surface area contributed by atoms with Crippen LogP contribution < -0.4 is 18.9 Å². The number of benzene rings is 3. The molecule has 33 heavy (non-hydrogen) atoms. The lowest BCUT2D eigenvalue weighted by atomic mass is 10.1. The third-order valence-corrected chi connectivity index (χ3v) is 5.03. The van der Waals surface area contributed by atoms with Gasteiger partial charge in [0.25, 0.3) is 0 Å². The standard InChI is InChI=1S/C25H24BrClO6/c1-13(2)30-23-21(32-15(5)28)19-10-9-18(27)12-20(19)22(24(23)31-14(3)4)33-25(29)16-7-6-8-17(26)11-16/h6-14H,1-5H3. The van der Waals surface area contributed by atoms with Gasteiger partial charge in [-0.2, -0.15) is 0 Å². The molecule has 0 bridgehead atoms. The summed E-state index contributed by atoms with van der Waals surface area (Å²) in [6.45, 7) is 8.61. The van der Waals surface area contributed by atoms with Gasteiger partial charge in [-0.15, -0.1) is 0 Å². The Hall–Kier alpha value is -2.77. The minimum absolute atomic E-state index is 0.123. The summed E-state index contributed by atoms with van der Waals surface area (Å²) in [6, 6.07) is 11.8. The predicted octanol–water partition coefficient (Wildman–Crippen LogP) is 6.97. The molecule has 0 heterocycles. The van der Waals surface area contributed by atoms with Crippen LogP contribution in [0.5, 0.6) is 23.0 Å². The Bertz CT molecular complexity index is 1210. The summed E-state index contributed by atoms with van der Waals surface area (Å²) in [7, 11) is 0. The maximum atomic E-state index is 13.1. The summed E-state index contributed by atoms with van der Waals surface area (Å²) in [6.07, 6.45) is -0.586. The normalized spacial score (nSPS) is 11.1. The summed E-state index contributed by atoms with van der Waals surface area (Å²) in [5.41, 5.74) is 0.338. The molecule has 174 valence electrons. The number of carbonyl (C=O) groups is 2. The fraction of sp³-hybridized carbons (Fsp3) is 0.280. The largest absolute Gasteiger partial charge is 0.484 e. The molecule has 0 saturated carbocycles. The molecular formula is C25H24BrClO6. The highest BCUT2D eigenvalue weighted by Crippen LogP contribution is 2.52. The van der Waals surface area contributed by atoms with Gasteiger partial charge >= 0.3 is 11.9 Å². The molecule has 0 aliphatic heterocycles. The van der Waals surface area contributed by atoms with Gasteiger partial charge in [-0.3, -0.25) is 4.79 Å². The van der Waals surface area contributed by atoms with Crippen molar-refractivity contribution < 1.29 is 28.5 Å². The van der Waals surface area contributed by atoms with Crippen molar-refractivity contribution in [1.29, 1.82) is 0 Å². The SMILES string of the molecule is CC(=O)Oc1c(OC(C)C)c(OC(C)C)c(OC(=O)c2cccc(Br)c2)c2cc(Cl)ccc12. The zero-order valence-electron chi connectivity index (χ0n) is 18.9. The number of rotatable bonds is 7. The van der Waals surface area contributed by atoms with Gasteiger partial charge in [0.15, 0.2) is 11.5 Å². The molecule has 0 unspecified atom stereocenters. The van der Waals surface area contributed by atoms with E-state index in [-0.39, 0.29) is 35.2 Å². The molecule has 0 saturated heterocycles. The third kappa shape index (κ3) is 5.97. The van der Waals surface area contributed by atoms with Crippen LogP contribution in [0, 0.1) is 0 Å². The highest BCUT2D eigenvalue weighted by atomic mass is 79.9. The Labute approximate surface area is 205 Å². The minimum atomic E-state index is -0.595. The maximum absolute atomic E-state index is 13.1. The van der Waals surface area contributed by atoms with Gasteiger partial charge in [0.05, 0.1) is 17.8 Å². The highest BCUT2D eigenvalue weighted by molar-refractivity contribution is 9.10. The number of hydrogen-bond donors (Lipinski definition) is 0. The minimum Gasteiger partial charge on any atom is -0.484 e. The number of halogens is 2. The van der Waals surface area contributed by atoms with Gasteiger partial charge < -0.3 is 18.9 Å². The number of esters is 2. The quantitative estimate of drug-likeness (QED) is 0.240. The zero-order chi connectivity index (χ0) is 24.3. The van der Waals surface area contributed by atoms with Gasteiger partial charge in [0, 0.05) is 27.2 Å². The lowest BCUT2D eigenvalue weighted by Gasteiger charge is -2.24. The lowest BCUT2D eigenvalue weighted by Crippen LogP contribution is -2.16. The molecule has 0 aromatic heterocycles. The van der Waals surface area contributed by atoms with E-state index in [0.29, 0.717) is 21.4 Å². The summed E-state index contributed by atoms with van der Waals surface area (Å²) < 4.78 is 24.2. The van der Waals surface area contributed by atoms with Crippen LogP contribution in [0.1, 0.15) is 45.0 Å². The van der Waals surface area contributed by atoms with E-state index in [1.165, 1.54) is 6.92 Å². The summed E-state index contributed by atoms with van der Waals surface area (Å²) >= 11 is 9.64. The first-order chi connectivity index (χ1) is 15.6. The van der Waals surface area contributed by atoms with E-state index < -0.39 is 11.9 Å². The number of carbonyl (C=O) groups excluding carboxylic acids is 2. The van der Waals surface area contributed by atoms with E-state index in [1.54, 1.807) is 36.4 Å². The zero-order valence-corrected chi connectivity index (χ0v) is 21.2. The molecule has 0 amide bonds. The van der Waals surface area contributed by atoms with Crippen LogP contribution >= 0.6 is 27.5 Å². The van der Waals surface area contributed by atoms with Crippen molar-refractivity contribution in [3.8, 4) is 23.0 Å². The summed E-state index contributed by atoms with van der Waals surface area (Å²) in [4.78, 5) is 25.0.